The van der Waals surface area contributed by atoms with Gasteiger partial charge >= 0.3 is 0 Å². The maximum Gasteiger partial charge on any atom is 0.167 e. The third kappa shape index (κ3) is 5.56. The summed E-state index contributed by atoms with van der Waals surface area (Å²) in [7, 11) is 0. The van der Waals surface area contributed by atoms with E-state index in [0.29, 0.717) is 17.5 Å². The molecule has 0 saturated carbocycles. The normalized spacial score (nSPS) is 11.3. The van der Waals surface area contributed by atoms with E-state index in [1.165, 1.54) is 11.1 Å². The Morgan fingerprint density at radius 2 is 0.852 bits per heavy atom. The molecule has 2 aromatic heterocycles. The average Bonchev–Trinajstić information content (AvgIpc) is 3.64. The molecule has 0 aliphatic rings. The van der Waals surface area contributed by atoms with Crippen molar-refractivity contribution in [3.63, 3.8) is 0 Å². The summed E-state index contributed by atoms with van der Waals surface area (Å²) in [4.78, 5) is 17.3. The Bertz CT molecular complexity index is 2850. The molecule has 0 spiro atoms. The molecule has 0 bridgehead atoms. The minimum Gasteiger partial charge on any atom is -0.455 e. The van der Waals surface area contributed by atoms with Gasteiger partial charge in [0.2, 0.25) is 0 Å². The lowest BCUT2D eigenvalue weighted by Crippen LogP contribution is -2.10. The van der Waals surface area contributed by atoms with E-state index >= 15 is 0 Å². The van der Waals surface area contributed by atoms with Gasteiger partial charge in [-0.05, 0) is 46.8 Å². The number of aromatic nitrogens is 3. The minimum atomic E-state index is 0.557. The molecule has 254 valence electrons. The first kappa shape index (κ1) is 31.4. The number of benzene rings is 8. The summed E-state index contributed by atoms with van der Waals surface area (Å²) in [5.74, 6) is 1.77. The van der Waals surface area contributed by atoms with Crippen molar-refractivity contribution in [2.75, 3.05) is 4.90 Å². The highest BCUT2D eigenvalue weighted by molar-refractivity contribution is 6.23. The Labute approximate surface area is 312 Å². The molecular formula is C49H32N4O. The summed E-state index contributed by atoms with van der Waals surface area (Å²) >= 11 is 0. The standard InChI is InChI=1S/C49H32N4O/c1-5-16-33(17-6-1)34-28-30-38(31-29-34)53(37-22-11-4-12-23-37)43-32-44-45(40-25-14-13-24-39(40)43)41-26-15-27-42(46(41)54-44)49-51-47(35-18-7-2-8-19-35)50-48(52-49)36-20-9-3-10-21-36/h1-32H. The fourth-order valence-electron chi connectivity index (χ4n) is 7.37. The van der Waals surface area contributed by atoms with Crippen molar-refractivity contribution in [2.45, 2.75) is 0 Å². The van der Waals surface area contributed by atoms with Crippen molar-refractivity contribution in [1.82, 2.24) is 15.0 Å². The summed E-state index contributed by atoms with van der Waals surface area (Å²) in [5, 5.41) is 4.28. The number of furan rings is 1. The third-order valence-electron chi connectivity index (χ3n) is 9.91. The summed E-state index contributed by atoms with van der Waals surface area (Å²) in [5.41, 5.74) is 9.65. The molecule has 5 heteroatoms. The van der Waals surface area contributed by atoms with Gasteiger partial charge in [0.15, 0.2) is 17.5 Å². The van der Waals surface area contributed by atoms with Gasteiger partial charge in [-0.15, -0.1) is 0 Å². The molecular weight excluding hydrogens is 661 g/mol. The number of rotatable bonds is 7. The molecule has 0 N–H and O–H groups in total. The summed E-state index contributed by atoms with van der Waals surface area (Å²) in [6.07, 6.45) is 0. The van der Waals surface area contributed by atoms with Gasteiger partial charge in [0.25, 0.3) is 0 Å². The zero-order valence-corrected chi connectivity index (χ0v) is 29.2. The van der Waals surface area contributed by atoms with Crippen LogP contribution in [0.5, 0.6) is 0 Å². The van der Waals surface area contributed by atoms with Crippen LogP contribution < -0.4 is 4.90 Å². The van der Waals surface area contributed by atoms with Crippen molar-refractivity contribution < 1.29 is 4.42 Å². The summed E-state index contributed by atoms with van der Waals surface area (Å²) < 4.78 is 6.95. The molecule has 0 saturated heterocycles. The Balaban J connectivity index is 1.19. The number of hydrogen-bond donors (Lipinski definition) is 0. The third-order valence-corrected chi connectivity index (χ3v) is 9.91. The highest BCUT2D eigenvalue weighted by atomic mass is 16.3. The molecule has 2 heterocycles. The molecule has 5 nitrogen and oxygen atoms in total. The minimum absolute atomic E-state index is 0.557. The molecule has 0 fully saturated rings. The van der Waals surface area contributed by atoms with Crippen molar-refractivity contribution >= 4 is 49.8 Å². The quantitative estimate of drug-likeness (QED) is 0.166. The topological polar surface area (TPSA) is 55.1 Å². The molecule has 0 amide bonds. The SMILES string of the molecule is c1ccc(-c2ccc(N(c3ccccc3)c3cc4oc5c(-c6nc(-c7ccccc7)nc(-c7ccccc7)n6)cccc5c4c4ccccc34)cc2)cc1. The average molecular weight is 693 g/mol. The lowest BCUT2D eigenvalue weighted by molar-refractivity contribution is 0.670. The Morgan fingerprint density at radius 1 is 0.370 bits per heavy atom. The van der Waals surface area contributed by atoms with Gasteiger partial charge in [-0.2, -0.15) is 0 Å². The molecule has 0 radical (unpaired) electrons. The lowest BCUT2D eigenvalue weighted by atomic mass is 9.99. The van der Waals surface area contributed by atoms with E-state index < -0.39 is 0 Å². The number of nitrogens with zero attached hydrogens (tertiary/aromatic N) is 4. The van der Waals surface area contributed by atoms with Crippen LogP contribution in [0.15, 0.2) is 199 Å². The maximum absolute atomic E-state index is 6.95. The van der Waals surface area contributed by atoms with Crippen LogP contribution in [0.2, 0.25) is 0 Å². The van der Waals surface area contributed by atoms with E-state index in [1.54, 1.807) is 0 Å². The van der Waals surface area contributed by atoms with Crippen LogP contribution >= 0.6 is 0 Å². The van der Waals surface area contributed by atoms with Crippen LogP contribution in [-0.4, -0.2) is 15.0 Å². The molecule has 10 rings (SSSR count). The number of hydrogen-bond acceptors (Lipinski definition) is 5. The fraction of sp³-hybridized carbons (Fsp3) is 0. The van der Waals surface area contributed by atoms with Gasteiger partial charge in [0.1, 0.15) is 11.2 Å². The smallest absolute Gasteiger partial charge is 0.167 e. The lowest BCUT2D eigenvalue weighted by Gasteiger charge is -2.27. The largest absolute Gasteiger partial charge is 0.455 e. The number of para-hydroxylation sites is 2. The van der Waals surface area contributed by atoms with E-state index in [4.69, 9.17) is 19.4 Å². The fourth-order valence-corrected chi connectivity index (χ4v) is 7.37. The van der Waals surface area contributed by atoms with Crippen molar-refractivity contribution in [1.29, 1.82) is 0 Å². The predicted octanol–water partition coefficient (Wildman–Crippen LogP) is 13.1. The number of anilines is 3. The van der Waals surface area contributed by atoms with Crippen molar-refractivity contribution in [2.24, 2.45) is 0 Å². The van der Waals surface area contributed by atoms with Crippen LogP contribution in [0.4, 0.5) is 17.1 Å². The molecule has 0 unspecified atom stereocenters. The van der Waals surface area contributed by atoms with Crippen molar-refractivity contribution in [3.8, 4) is 45.3 Å². The second-order valence-electron chi connectivity index (χ2n) is 13.2. The van der Waals surface area contributed by atoms with Gasteiger partial charge in [-0.25, -0.2) is 15.0 Å². The summed E-state index contributed by atoms with van der Waals surface area (Å²) in [6, 6.07) is 66.9. The maximum atomic E-state index is 6.95. The first-order valence-electron chi connectivity index (χ1n) is 18.0. The van der Waals surface area contributed by atoms with Gasteiger partial charge < -0.3 is 9.32 Å². The van der Waals surface area contributed by atoms with E-state index in [1.807, 2.05) is 72.8 Å². The van der Waals surface area contributed by atoms with E-state index in [0.717, 1.165) is 66.5 Å². The zero-order valence-electron chi connectivity index (χ0n) is 29.2. The number of fused-ring (bicyclic) bond motifs is 5. The van der Waals surface area contributed by atoms with Gasteiger partial charge in [0, 0.05) is 44.7 Å². The Morgan fingerprint density at radius 3 is 1.48 bits per heavy atom. The molecule has 10 aromatic rings. The Kier molecular flexibility index (Phi) is 7.73. The van der Waals surface area contributed by atoms with E-state index in [2.05, 4.69) is 126 Å². The van der Waals surface area contributed by atoms with E-state index in [9.17, 15) is 0 Å². The Hall–Kier alpha value is -7.37. The highest BCUT2D eigenvalue weighted by Crippen LogP contribution is 2.46. The first-order chi connectivity index (χ1) is 26.8. The summed E-state index contributed by atoms with van der Waals surface area (Å²) in [6.45, 7) is 0. The first-order valence-corrected chi connectivity index (χ1v) is 18.0. The predicted molar refractivity (Wildman–Crippen MR) is 221 cm³/mol. The van der Waals surface area contributed by atoms with Crippen LogP contribution in [0.1, 0.15) is 0 Å². The molecule has 54 heavy (non-hydrogen) atoms. The highest BCUT2D eigenvalue weighted by Gasteiger charge is 2.23. The zero-order chi connectivity index (χ0) is 35.8. The second kappa shape index (κ2) is 13.3. The van der Waals surface area contributed by atoms with Gasteiger partial charge in [-0.1, -0.05) is 158 Å². The molecule has 0 aliphatic carbocycles. The van der Waals surface area contributed by atoms with Gasteiger partial charge in [-0.3, -0.25) is 0 Å². The van der Waals surface area contributed by atoms with E-state index in [-0.39, 0.29) is 0 Å². The monoisotopic (exact) mass is 692 g/mol. The van der Waals surface area contributed by atoms with Crippen LogP contribution in [0.3, 0.4) is 0 Å². The molecule has 0 aliphatic heterocycles. The van der Waals surface area contributed by atoms with Crippen LogP contribution in [0.25, 0.3) is 78.0 Å². The second-order valence-corrected chi connectivity index (χ2v) is 13.2. The van der Waals surface area contributed by atoms with Gasteiger partial charge in [0.05, 0.1) is 11.3 Å². The molecule has 8 aromatic carbocycles. The van der Waals surface area contributed by atoms with Crippen LogP contribution in [0, 0.1) is 0 Å². The molecule has 0 atom stereocenters. The van der Waals surface area contributed by atoms with Crippen LogP contribution in [-0.2, 0) is 0 Å². The van der Waals surface area contributed by atoms with Crippen molar-refractivity contribution in [3.05, 3.63) is 194 Å².